The summed E-state index contributed by atoms with van der Waals surface area (Å²) < 4.78 is 0. The van der Waals surface area contributed by atoms with Crippen molar-refractivity contribution in [2.24, 2.45) is 39.9 Å². The van der Waals surface area contributed by atoms with Crippen molar-refractivity contribution < 1.29 is 25.2 Å². The number of aliphatic hydroxyl groups is 3. The lowest BCUT2D eigenvalue weighted by molar-refractivity contribution is -0.178. The normalized spacial score (nSPS) is 42.7. The number of aliphatic hydroxyl groups excluding tert-OH is 1. The van der Waals surface area contributed by atoms with Gasteiger partial charge in [-0.1, -0.05) is 45.1 Å². The molecule has 3 aliphatic carbocycles. The van der Waals surface area contributed by atoms with Crippen molar-refractivity contribution in [2.45, 2.75) is 111 Å². The summed E-state index contributed by atoms with van der Waals surface area (Å²) in [6, 6.07) is 0. The smallest absolute Gasteiger partial charge is 0.303 e. The number of allylic oxidation sites excluding steroid dienone is 1. The van der Waals surface area contributed by atoms with Crippen molar-refractivity contribution in [3.8, 4) is 0 Å². The van der Waals surface area contributed by atoms with Gasteiger partial charge in [-0.3, -0.25) is 4.79 Å². The highest BCUT2D eigenvalue weighted by atomic mass is 16.4. The maximum Gasteiger partial charge on any atom is 0.303 e. The molecule has 0 unspecified atom stereocenters. The molecule has 0 aromatic carbocycles. The summed E-state index contributed by atoms with van der Waals surface area (Å²) in [6.45, 7) is 16.8. The first kappa shape index (κ1) is 28.4. The minimum Gasteiger partial charge on any atom is -0.481 e. The summed E-state index contributed by atoms with van der Waals surface area (Å²) in [6.07, 6.45) is 11.1. The van der Waals surface area contributed by atoms with Gasteiger partial charge in [0.1, 0.15) is 5.60 Å². The van der Waals surface area contributed by atoms with E-state index < -0.39 is 17.2 Å². The molecule has 4 N–H and O–H groups in total. The monoisotopic (exact) mass is 490 g/mol. The van der Waals surface area contributed by atoms with Gasteiger partial charge in [-0.25, -0.2) is 0 Å². The fourth-order valence-corrected chi connectivity index (χ4v) is 9.15. The van der Waals surface area contributed by atoms with Crippen LogP contribution in [0.15, 0.2) is 24.3 Å². The summed E-state index contributed by atoms with van der Waals surface area (Å²) in [7, 11) is 0. The molecule has 0 bridgehead atoms. The highest BCUT2D eigenvalue weighted by molar-refractivity contribution is 5.66. The van der Waals surface area contributed by atoms with Crippen molar-refractivity contribution in [2.75, 3.05) is 6.61 Å². The first-order valence-electron chi connectivity index (χ1n) is 13.6. The van der Waals surface area contributed by atoms with Crippen molar-refractivity contribution in [3.63, 3.8) is 0 Å². The van der Waals surface area contributed by atoms with E-state index in [0.717, 1.165) is 38.5 Å². The zero-order chi connectivity index (χ0) is 26.4. The van der Waals surface area contributed by atoms with Crippen LogP contribution in [0.4, 0.5) is 0 Å². The molecule has 0 aromatic heterocycles. The number of carboxylic acid groups (broad SMARTS) is 1. The summed E-state index contributed by atoms with van der Waals surface area (Å²) >= 11 is 0. The van der Waals surface area contributed by atoms with Crippen LogP contribution < -0.4 is 0 Å². The van der Waals surface area contributed by atoms with Crippen LogP contribution in [-0.4, -0.2) is 44.2 Å². The Balaban J connectivity index is 1.89. The second-order valence-electron chi connectivity index (χ2n) is 13.5. The third-order valence-corrected chi connectivity index (χ3v) is 11.3. The van der Waals surface area contributed by atoms with Crippen LogP contribution in [0.5, 0.6) is 0 Å². The highest BCUT2D eigenvalue weighted by Crippen LogP contribution is 2.74. The molecule has 0 aromatic rings. The van der Waals surface area contributed by atoms with Crippen LogP contribution in [-0.2, 0) is 4.79 Å². The Labute approximate surface area is 212 Å². The summed E-state index contributed by atoms with van der Waals surface area (Å²) in [4.78, 5) is 11.6. The van der Waals surface area contributed by atoms with Gasteiger partial charge in [0.2, 0.25) is 0 Å². The Morgan fingerprint density at radius 1 is 1.06 bits per heavy atom. The molecular formula is C30H50O5. The molecule has 0 spiro atoms. The van der Waals surface area contributed by atoms with E-state index in [1.54, 1.807) is 13.0 Å². The topological polar surface area (TPSA) is 98.0 Å². The SMILES string of the molecule is C=C(C)[C@@H]1CC[C@]2(C)[C@@H](CC[C@@H]3[C@@H]([C@@](C)(O)C/C=C/[C@@](C)(O)CO)CC[C@]32C)[C@@]1(C)CCC(=O)O. The second-order valence-corrected chi connectivity index (χ2v) is 13.5. The Morgan fingerprint density at radius 3 is 2.26 bits per heavy atom. The average Bonchev–Trinajstić information content (AvgIpc) is 3.11. The number of aliphatic carboxylic acids is 1. The van der Waals surface area contributed by atoms with Gasteiger partial charge in [0, 0.05) is 6.42 Å². The lowest BCUT2D eigenvalue weighted by Gasteiger charge is -2.66. The van der Waals surface area contributed by atoms with Gasteiger partial charge < -0.3 is 20.4 Å². The molecule has 0 amide bonds. The Morgan fingerprint density at radius 2 is 1.69 bits per heavy atom. The molecule has 9 atom stereocenters. The van der Waals surface area contributed by atoms with Crippen LogP contribution >= 0.6 is 0 Å². The molecule has 0 saturated heterocycles. The maximum absolute atomic E-state index is 11.6. The molecule has 3 fully saturated rings. The molecule has 5 heteroatoms. The number of carboxylic acids is 1. The summed E-state index contributed by atoms with van der Waals surface area (Å²) in [5, 5.41) is 40.6. The third-order valence-electron chi connectivity index (χ3n) is 11.3. The average molecular weight is 491 g/mol. The Kier molecular flexibility index (Phi) is 7.80. The first-order valence-corrected chi connectivity index (χ1v) is 13.6. The van der Waals surface area contributed by atoms with Crippen molar-refractivity contribution in [1.82, 2.24) is 0 Å². The van der Waals surface area contributed by atoms with Gasteiger partial charge in [-0.05, 0) is 112 Å². The van der Waals surface area contributed by atoms with E-state index in [-0.39, 0.29) is 35.2 Å². The van der Waals surface area contributed by atoms with Crippen molar-refractivity contribution >= 4 is 5.97 Å². The maximum atomic E-state index is 11.6. The predicted octanol–water partition coefficient (Wildman–Crippen LogP) is 5.73. The van der Waals surface area contributed by atoms with Gasteiger partial charge in [0.05, 0.1) is 12.2 Å². The Hall–Kier alpha value is -1.17. The van der Waals surface area contributed by atoms with Gasteiger partial charge in [0.15, 0.2) is 0 Å². The minimum absolute atomic E-state index is 0.0789. The van der Waals surface area contributed by atoms with Crippen LogP contribution in [0.1, 0.15) is 99.3 Å². The van der Waals surface area contributed by atoms with E-state index >= 15 is 0 Å². The fourth-order valence-electron chi connectivity index (χ4n) is 9.15. The molecule has 3 saturated carbocycles. The van der Waals surface area contributed by atoms with Crippen molar-refractivity contribution in [3.05, 3.63) is 24.3 Å². The van der Waals surface area contributed by atoms with E-state index in [1.165, 1.54) is 5.57 Å². The molecule has 0 radical (unpaired) electrons. The van der Waals surface area contributed by atoms with Crippen LogP contribution in [0.25, 0.3) is 0 Å². The predicted molar refractivity (Wildman–Crippen MR) is 140 cm³/mol. The molecule has 35 heavy (non-hydrogen) atoms. The largest absolute Gasteiger partial charge is 0.481 e. The minimum atomic E-state index is -1.27. The number of carbonyl (C=O) groups is 1. The Bertz CT molecular complexity index is 844. The van der Waals surface area contributed by atoms with E-state index in [9.17, 15) is 25.2 Å². The molecular weight excluding hydrogens is 440 g/mol. The zero-order valence-electron chi connectivity index (χ0n) is 22.9. The van der Waals surface area contributed by atoms with Gasteiger partial charge >= 0.3 is 5.97 Å². The molecule has 0 heterocycles. The lowest BCUT2D eigenvalue weighted by atomic mass is 9.38. The first-order chi connectivity index (χ1) is 16.0. The van der Waals surface area contributed by atoms with Crippen molar-refractivity contribution in [1.29, 1.82) is 0 Å². The zero-order valence-corrected chi connectivity index (χ0v) is 22.9. The number of rotatable bonds is 9. The quantitative estimate of drug-likeness (QED) is 0.309. The van der Waals surface area contributed by atoms with Crippen LogP contribution in [0.2, 0.25) is 0 Å². The third kappa shape index (κ3) is 4.90. The summed E-state index contributed by atoms with van der Waals surface area (Å²) in [5.74, 6) is 0.664. The molecule has 5 nitrogen and oxygen atoms in total. The molecule has 3 aliphatic rings. The number of hydrogen-bond donors (Lipinski definition) is 4. The van der Waals surface area contributed by atoms with Gasteiger partial charge in [0.25, 0.3) is 0 Å². The molecule has 200 valence electrons. The van der Waals surface area contributed by atoms with E-state index in [0.29, 0.717) is 30.6 Å². The fraction of sp³-hybridized carbons (Fsp3) is 0.833. The standard InChI is InChI=1S/C30H50O5/c1-20(2)21-11-18-29(6)24(27(21,4)16-13-25(32)33)10-9-22-23(12-17-28(22,29)5)30(7,35)15-8-14-26(3,34)19-31/h8,14,21-24,31,34-35H,1,9-13,15-19H2,2-7H3,(H,32,33)/b14-8+/t21-,22+,23-,24-,26+,27-,28+,29+,30-/m0/s1. The second kappa shape index (κ2) is 9.61. The van der Waals surface area contributed by atoms with Crippen LogP contribution in [0, 0.1) is 39.9 Å². The van der Waals surface area contributed by atoms with Gasteiger partial charge in [-0.15, -0.1) is 0 Å². The highest BCUT2D eigenvalue weighted by Gasteiger charge is 2.67. The van der Waals surface area contributed by atoms with Gasteiger partial charge in [-0.2, -0.15) is 0 Å². The lowest BCUT2D eigenvalue weighted by Crippen LogP contribution is -2.60. The number of fused-ring (bicyclic) bond motifs is 3. The van der Waals surface area contributed by atoms with E-state index in [4.69, 9.17) is 0 Å². The molecule has 3 rings (SSSR count). The van der Waals surface area contributed by atoms with Crippen LogP contribution in [0.3, 0.4) is 0 Å². The summed E-state index contributed by atoms with van der Waals surface area (Å²) in [5.41, 5.74) is -0.857. The number of hydrogen-bond acceptors (Lipinski definition) is 4. The van der Waals surface area contributed by atoms with E-state index in [1.807, 2.05) is 13.0 Å². The van der Waals surface area contributed by atoms with E-state index in [2.05, 4.69) is 34.3 Å². The molecule has 0 aliphatic heterocycles.